The van der Waals surface area contributed by atoms with Crippen molar-refractivity contribution in [3.8, 4) is 22.8 Å². The van der Waals surface area contributed by atoms with Gasteiger partial charge >= 0.3 is 0 Å². The molecule has 0 bridgehead atoms. The summed E-state index contributed by atoms with van der Waals surface area (Å²) in [6.45, 7) is 0. The molecule has 0 radical (unpaired) electrons. The van der Waals surface area contributed by atoms with Crippen LogP contribution in [0.25, 0.3) is 22.8 Å². The highest BCUT2D eigenvalue weighted by atomic mass is 32.3. The summed E-state index contributed by atoms with van der Waals surface area (Å²) in [5.41, 5.74) is 1.33. The number of rotatable bonds is 5. The Morgan fingerprint density at radius 2 is 1.38 bits per heavy atom. The van der Waals surface area contributed by atoms with Crippen LogP contribution >= 0.6 is 0 Å². The fraction of sp³-hybridized carbons (Fsp3) is 0.125. The molecule has 136 valence electrons. The van der Waals surface area contributed by atoms with Gasteiger partial charge in [-0.15, -0.1) is 0 Å². The first-order valence-corrected chi connectivity index (χ1v) is 11.1. The SMILES string of the molecule is CS(=O)(=O)N(c1ccc(-c2noc(-c3ccccc3)n2)cc1)S(C)(=O)=O. The molecule has 0 unspecified atom stereocenters. The average Bonchev–Trinajstić information content (AvgIpc) is 3.04. The summed E-state index contributed by atoms with van der Waals surface area (Å²) in [4.78, 5) is 4.29. The number of aromatic nitrogens is 2. The van der Waals surface area contributed by atoms with E-state index in [-0.39, 0.29) is 5.69 Å². The second-order valence-corrected chi connectivity index (χ2v) is 9.45. The Morgan fingerprint density at radius 3 is 1.92 bits per heavy atom. The first-order chi connectivity index (χ1) is 12.2. The molecule has 0 saturated heterocycles. The lowest BCUT2D eigenvalue weighted by Gasteiger charge is -2.19. The van der Waals surface area contributed by atoms with Gasteiger partial charge in [-0.2, -0.15) is 8.69 Å². The zero-order chi connectivity index (χ0) is 18.9. The Morgan fingerprint density at radius 1 is 0.808 bits per heavy atom. The Bertz CT molecular complexity index is 1090. The van der Waals surface area contributed by atoms with Crippen molar-refractivity contribution in [2.75, 3.05) is 16.2 Å². The largest absolute Gasteiger partial charge is 0.334 e. The van der Waals surface area contributed by atoms with E-state index in [2.05, 4.69) is 10.1 Å². The van der Waals surface area contributed by atoms with Crippen LogP contribution in [-0.2, 0) is 20.0 Å². The van der Waals surface area contributed by atoms with Gasteiger partial charge in [-0.3, -0.25) is 0 Å². The summed E-state index contributed by atoms with van der Waals surface area (Å²) in [5.74, 6) is 0.652. The maximum Gasteiger partial charge on any atom is 0.258 e. The van der Waals surface area contributed by atoms with E-state index in [1.54, 1.807) is 0 Å². The monoisotopic (exact) mass is 393 g/mol. The number of nitrogens with zero attached hydrogens (tertiary/aromatic N) is 3. The van der Waals surface area contributed by atoms with Crippen molar-refractivity contribution in [1.82, 2.24) is 10.1 Å². The second kappa shape index (κ2) is 6.54. The molecular formula is C16H15N3O5S2. The van der Waals surface area contributed by atoms with E-state index < -0.39 is 20.0 Å². The van der Waals surface area contributed by atoms with E-state index in [9.17, 15) is 16.8 Å². The Labute approximate surface area is 151 Å². The van der Waals surface area contributed by atoms with Crippen LogP contribution in [0.3, 0.4) is 0 Å². The molecule has 3 rings (SSSR count). The molecule has 0 aliphatic rings. The lowest BCUT2D eigenvalue weighted by atomic mass is 10.2. The molecule has 1 aromatic heterocycles. The lowest BCUT2D eigenvalue weighted by Crippen LogP contribution is -2.35. The summed E-state index contributed by atoms with van der Waals surface area (Å²) >= 11 is 0. The molecule has 0 saturated carbocycles. The van der Waals surface area contributed by atoms with Crippen LogP contribution in [0.4, 0.5) is 5.69 Å². The van der Waals surface area contributed by atoms with E-state index >= 15 is 0 Å². The van der Waals surface area contributed by atoms with Gasteiger partial charge in [0.25, 0.3) is 5.89 Å². The summed E-state index contributed by atoms with van der Waals surface area (Å²) in [6, 6.07) is 15.0. The maximum absolute atomic E-state index is 11.8. The van der Waals surface area contributed by atoms with Gasteiger partial charge < -0.3 is 4.52 Å². The maximum atomic E-state index is 11.8. The zero-order valence-corrected chi connectivity index (χ0v) is 15.5. The third kappa shape index (κ3) is 3.75. The predicted molar refractivity (Wildman–Crippen MR) is 97.3 cm³/mol. The molecule has 0 aliphatic carbocycles. The van der Waals surface area contributed by atoms with Crippen LogP contribution < -0.4 is 3.71 Å². The summed E-state index contributed by atoms with van der Waals surface area (Å²) in [6.07, 6.45) is 1.65. The molecule has 26 heavy (non-hydrogen) atoms. The van der Waals surface area contributed by atoms with Gasteiger partial charge in [0, 0.05) is 11.1 Å². The molecule has 10 heteroatoms. The lowest BCUT2D eigenvalue weighted by molar-refractivity contribution is 0.432. The minimum Gasteiger partial charge on any atom is -0.334 e. The van der Waals surface area contributed by atoms with E-state index in [0.717, 1.165) is 18.1 Å². The second-order valence-electron chi connectivity index (χ2n) is 5.56. The van der Waals surface area contributed by atoms with Gasteiger partial charge in [0.1, 0.15) is 0 Å². The summed E-state index contributed by atoms with van der Waals surface area (Å²) in [7, 11) is -7.98. The molecule has 1 heterocycles. The molecule has 0 spiro atoms. The van der Waals surface area contributed by atoms with Crippen molar-refractivity contribution < 1.29 is 21.4 Å². The minimum atomic E-state index is -3.99. The molecular weight excluding hydrogens is 378 g/mol. The average molecular weight is 393 g/mol. The highest BCUT2D eigenvalue weighted by molar-refractivity contribution is 8.09. The van der Waals surface area contributed by atoms with Crippen LogP contribution in [0, 0.1) is 0 Å². The number of anilines is 1. The van der Waals surface area contributed by atoms with Crippen molar-refractivity contribution in [3.05, 3.63) is 54.6 Å². The number of hydrogen-bond donors (Lipinski definition) is 0. The molecule has 2 aromatic carbocycles. The first-order valence-electron chi connectivity index (χ1n) is 7.36. The molecule has 8 nitrogen and oxygen atoms in total. The molecule has 3 aromatic rings. The molecule has 0 atom stereocenters. The number of benzene rings is 2. The van der Waals surface area contributed by atoms with Crippen molar-refractivity contribution >= 4 is 25.7 Å². The minimum absolute atomic E-state index is 0.00512. The quantitative estimate of drug-likeness (QED) is 0.653. The Balaban J connectivity index is 1.95. The van der Waals surface area contributed by atoms with Crippen LogP contribution in [0.15, 0.2) is 59.1 Å². The van der Waals surface area contributed by atoms with Gasteiger partial charge in [0.15, 0.2) is 0 Å². The van der Waals surface area contributed by atoms with Gasteiger partial charge in [-0.1, -0.05) is 23.4 Å². The van der Waals surface area contributed by atoms with Gasteiger partial charge in [-0.05, 0) is 36.4 Å². The normalized spacial score (nSPS) is 12.1. The molecule has 0 fully saturated rings. The van der Waals surface area contributed by atoms with Crippen molar-refractivity contribution in [3.63, 3.8) is 0 Å². The van der Waals surface area contributed by atoms with Crippen molar-refractivity contribution in [1.29, 1.82) is 0 Å². The van der Waals surface area contributed by atoms with Crippen molar-refractivity contribution in [2.24, 2.45) is 0 Å². The third-order valence-corrected chi connectivity index (χ3v) is 6.64. The zero-order valence-electron chi connectivity index (χ0n) is 13.9. The standard InChI is InChI=1S/C16H15N3O5S2/c1-25(20,21)19(26(2,22)23)14-10-8-12(9-11-14)15-17-16(24-18-15)13-6-4-3-5-7-13/h3-11H,1-2H3. The Hall–Kier alpha value is -2.72. The fourth-order valence-corrected chi connectivity index (χ4v) is 5.38. The van der Waals surface area contributed by atoms with Crippen molar-refractivity contribution in [2.45, 2.75) is 0 Å². The van der Waals surface area contributed by atoms with E-state index in [1.807, 2.05) is 30.3 Å². The fourth-order valence-electron chi connectivity index (χ4n) is 2.40. The van der Waals surface area contributed by atoms with Crippen LogP contribution in [0.5, 0.6) is 0 Å². The van der Waals surface area contributed by atoms with Crippen LogP contribution in [0.2, 0.25) is 0 Å². The highest BCUT2D eigenvalue weighted by Crippen LogP contribution is 2.26. The van der Waals surface area contributed by atoms with Gasteiger partial charge in [0.05, 0.1) is 18.2 Å². The third-order valence-electron chi connectivity index (χ3n) is 3.39. The predicted octanol–water partition coefficient (Wildman–Crippen LogP) is 2.13. The smallest absolute Gasteiger partial charge is 0.258 e. The van der Waals surface area contributed by atoms with Gasteiger partial charge in [-0.25, -0.2) is 16.8 Å². The van der Waals surface area contributed by atoms with Crippen LogP contribution in [0.1, 0.15) is 0 Å². The van der Waals surface area contributed by atoms with E-state index in [4.69, 9.17) is 4.52 Å². The van der Waals surface area contributed by atoms with Crippen LogP contribution in [-0.4, -0.2) is 39.5 Å². The molecule has 0 aliphatic heterocycles. The topological polar surface area (TPSA) is 110 Å². The van der Waals surface area contributed by atoms with E-state index in [0.29, 0.717) is 21.0 Å². The number of hydrogen-bond acceptors (Lipinski definition) is 7. The summed E-state index contributed by atoms with van der Waals surface area (Å²) in [5, 5.41) is 3.90. The van der Waals surface area contributed by atoms with E-state index in [1.165, 1.54) is 24.3 Å². The number of sulfonamides is 2. The van der Waals surface area contributed by atoms with Gasteiger partial charge in [0.2, 0.25) is 25.9 Å². The summed E-state index contributed by atoms with van der Waals surface area (Å²) < 4.78 is 52.8. The highest BCUT2D eigenvalue weighted by Gasteiger charge is 2.27. The first kappa shape index (κ1) is 18.1. The Kier molecular flexibility index (Phi) is 4.55. The molecule has 0 N–H and O–H groups in total. The molecule has 0 amide bonds.